The molecule has 1 nitrogen and oxygen atoms in total. The first kappa shape index (κ1) is 8.52. The van der Waals surface area contributed by atoms with Crippen molar-refractivity contribution in [2.45, 2.75) is 25.4 Å². The van der Waals surface area contributed by atoms with Crippen molar-refractivity contribution in [1.82, 2.24) is 0 Å². The second kappa shape index (κ2) is 3.35. The largest absolute Gasteiger partial charge is 0.392 e. The Kier molecular flexibility index (Phi) is 2.19. The van der Waals surface area contributed by atoms with E-state index in [-0.39, 0.29) is 12.0 Å². The molecule has 0 aliphatic heterocycles. The Morgan fingerprint density at radius 3 is 2.46 bits per heavy atom. The highest BCUT2D eigenvalue weighted by molar-refractivity contribution is 5.30. The molecule has 0 unspecified atom stereocenters. The molecule has 0 radical (unpaired) electrons. The number of benzene rings is 1. The van der Waals surface area contributed by atoms with Crippen LogP contribution in [0.2, 0.25) is 0 Å². The van der Waals surface area contributed by atoms with E-state index in [2.05, 4.69) is 43.3 Å². The maximum atomic E-state index is 9.65. The van der Waals surface area contributed by atoms with Gasteiger partial charge in [0.15, 0.2) is 0 Å². The smallest absolute Gasteiger partial charge is 0.0677 e. The van der Waals surface area contributed by atoms with E-state index in [1.165, 1.54) is 11.1 Å². The van der Waals surface area contributed by atoms with Gasteiger partial charge in [-0.15, -0.1) is 0 Å². The summed E-state index contributed by atoms with van der Waals surface area (Å²) in [4.78, 5) is 0. The van der Waals surface area contributed by atoms with Crippen molar-refractivity contribution < 1.29 is 5.11 Å². The van der Waals surface area contributed by atoms with Gasteiger partial charge in [-0.3, -0.25) is 0 Å². The molecule has 1 N–H and O–H groups in total. The Labute approximate surface area is 78.7 Å². The third kappa shape index (κ3) is 1.65. The third-order valence-corrected chi connectivity index (χ3v) is 2.60. The molecule has 2 atom stereocenters. The summed E-state index contributed by atoms with van der Waals surface area (Å²) in [6.07, 6.45) is 4.71. The highest BCUT2D eigenvalue weighted by atomic mass is 16.3. The van der Waals surface area contributed by atoms with Gasteiger partial charge in [-0.1, -0.05) is 42.0 Å². The first-order valence-corrected chi connectivity index (χ1v) is 4.68. The summed E-state index contributed by atoms with van der Waals surface area (Å²) in [5.74, 6) is 0.209. The predicted octanol–water partition coefficient (Wildman–Crippen LogP) is 2.40. The number of aliphatic hydroxyl groups excluding tert-OH is 1. The zero-order valence-electron chi connectivity index (χ0n) is 7.77. The van der Waals surface area contributed by atoms with Gasteiger partial charge in [0.05, 0.1) is 6.10 Å². The Morgan fingerprint density at radius 2 is 1.92 bits per heavy atom. The van der Waals surface area contributed by atoms with Gasteiger partial charge in [0.25, 0.3) is 0 Å². The monoisotopic (exact) mass is 174 g/mol. The lowest BCUT2D eigenvalue weighted by Gasteiger charge is -2.13. The van der Waals surface area contributed by atoms with Crippen LogP contribution < -0.4 is 0 Å². The van der Waals surface area contributed by atoms with Crippen LogP contribution in [0.25, 0.3) is 0 Å². The maximum Gasteiger partial charge on any atom is 0.0677 e. The fourth-order valence-electron chi connectivity index (χ4n) is 1.76. The van der Waals surface area contributed by atoms with Crippen LogP contribution in [0.1, 0.15) is 23.5 Å². The molecule has 0 saturated heterocycles. The fourth-order valence-corrected chi connectivity index (χ4v) is 1.76. The van der Waals surface area contributed by atoms with Crippen molar-refractivity contribution in [2.24, 2.45) is 0 Å². The van der Waals surface area contributed by atoms with Crippen LogP contribution in [-0.4, -0.2) is 11.2 Å². The SMILES string of the molecule is Cc1ccc([C@@H]2C=CC[C@H]2O)cc1. The van der Waals surface area contributed by atoms with Crippen LogP contribution in [0.15, 0.2) is 36.4 Å². The van der Waals surface area contributed by atoms with E-state index in [1.807, 2.05) is 0 Å². The van der Waals surface area contributed by atoms with Gasteiger partial charge < -0.3 is 5.11 Å². The molecule has 13 heavy (non-hydrogen) atoms. The molecule has 1 aliphatic carbocycles. The molecular weight excluding hydrogens is 160 g/mol. The molecule has 68 valence electrons. The Bertz CT molecular complexity index is 310. The lowest BCUT2D eigenvalue weighted by atomic mass is 9.96. The Hall–Kier alpha value is -1.08. The number of aryl methyl sites for hydroxylation is 1. The molecular formula is C12H14O. The Balaban J connectivity index is 2.25. The van der Waals surface area contributed by atoms with Crippen molar-refractivity contribution in [3.8, 4) is 0 Å². The Morgan fingerprint density at radius 1 is 1.23 bits per heavy atom. The first-order chi connectivity index (χ1) is 6.27. The second-order valence-corrected chi connectivity index (χ2v) is 3.67. The average Bonchev–Trinajstić information content (AvgIpc) is 2.53. The van der Waals surface area contributed by atoms with Crippen molar-refractivity contribution in [3.05, 3.63) is 47.5 Å². The zero-order chi connectivity index (χ0) is 9.26. The number of hydrogen-bond donors (Lipinski definition) is 1. The summed E-state index contributed by atoms with van der Waals surface area (Å²) < 4.78 is 0. The standard InChI is InChI=1S/C12H14O/c1-9-5-7-10(8-6-9)11-3-2-4-12(11)13/h2-3,5-8,11-13H,4H2,1H3/t11-,12+/m0/s1. The molecule has 0 aromatic heterocycles. The fraction of sp³-hybridized carbons (Fsp3) is 0.333. The van der Waals surface area contributed by atoms with E-state index in [9.17, 15) is 5.11 Å². The first-order valence-electron chi connectivity index (χ1n) is 4.68. The van der Waals surface area contributed by atoms with Gasteiger partial charge in [-0.05, 0) is 18.9 Å². The normalized spacial score (nSPS) is 26.6. The van der Waals surface area contributed by atoms with Gasteiger partial charge in [-0.2, -0.15) is 0 Å². The van der Waals surface area contributed by atoms with Crippen LogP contribution in [0.4, 0.5) is 0 Å². The molecule has 0 bridgehead atoms. The van der Waals surface area contributed by atoms with E-state index in [0.717, 1.165) is 6.42 Å². The van der Waals surface area contributed by atoms with E-state index in [1.54, 1.807) is 0 Å². The van der Waals surface area contributed by atoms with Gasteiger partial charge in [0.1, 0.15) is 0 Å². The van der Waals surface area contributed by atoms with Crippen LogP contribution in [-0.2, 0) is 0 Å². The molecule has 0 heterocycles. The summed E-state index contributed by atoms with van der Waals surface area (Å²) in [6.45, 7) is 2.07. The predicted molar refractivity (Wildman–Crippen MR) is 53.7 cm³/mol. The van der Waals surface area contributed by atoms with Crippen molar-refractivity contribution >= 4 is 0 Å². The summed E-state index contributed by atoms with van der Waals surface area (Å²) in [6, 6.07) is 8.38. The minimum Gasteiger partial charge on any atom is -0.392 e. The van der Waals surface area contributed by atoms with E-state index < -0.39 is 0 Å². The highest BCUT2D eigenvalue weighted by Gasteiger charge is 2.21. The molecule has 0 fully saturated rings. The second-order valence-electron chi connectivity index (χ2n) is 3.67. The van der Waals surface area contributed by atoms with E-state index in [4.69, 9.17) is 0 Å². The van der Waals surface area contributed by atoms with Crippen molar-refractivity contribution in [1.29, 1.82) is 0 Å². The van der Waals surface area contributed by atoms with Crippen molar-refractivity contribution in [2.75, 3.05) is 0 Å². The van der Waals surface area contributed by atoms with Crippen LogP contribution in [0, 0.1) is 6.92 Å². The minimum atomic E-state index is -0.220. The van der Waals surface area contributed by atoms with Crippen LogP contribution in [0.3, 0.4) is 0 Å². The molecule has 1 heteroatoms. The maximum absolute atomic E-state index is 9.65. The average molecular weight is 174 g/mol. The highest BCUT2D eigenvalue weighted by Crippen LogP contribution is 2.28. The summed E-state index contributed by atoms with van der Waals surface area (Å²) in [7, 11) is 0. The molecule has 1 aliphatic rings. The summed E-state index contributed by atoms with van der Waals surface area (Å²) in [5, 5.41) is 9.65. The number of aliphatic hydroxyl groups is 1. The molecule has 1 aromatic carbocycles. The lowest BCUT2D eigenvalue weighted by molar-refractivity contribution is 0.171. The number of rotatable bonds is 1. The quantitative estimate of drug-likeness (QED) is 0.648. The van der Waals surface area contributed by atoms with Crippen molar-refractivity contribution in [3.63, 3.8) is 0 Å². The molecule has 0 spiro atoms. The summed E-state index contributed by atoms with van der Waals surface area (Å²) in [5.41, 5.74) is 2.48. The van der Waals surface area contributed by atoms with Gasteiger partial charge in [0, 0.05) is 5.92 Å². The number of hydrogen-bond acceptors (Lipinski definition) is 1. The summed E-state index contributed by atoms with van der Waals surface area (Å²) >= 11 is 0. The minimum absolute atomic E-state index is 0.209. The van der Waals surface area contributed by atoms with E-state index in [0.29, 0.717) is 0 Å². The molecule has 0 saturated carbocycles. The molecule has 0 amide bonds. The molecule has 2 rings (SSSR count). The van der Waals surface area contributed by atoms with Crippen LogP contribution in [0.5, 0.6) is 0 Å². The zero-order valence-corrected chi connectivity index (χ0v) is 7.77. The van der Waals surface area contributed by atoms with Crippen LogP contribution >= 0.6 is 0 Å². The van der Waals surface area contributed by atoms with E-state index >= 15 is 0 Å². The lowest BCUT2D eigenvalue weighted by Crippen LogP contribution is -2.11. The van der Waals surface area contributed by atoms with Gasteiger partial charge in [0.2, 0.25) is 0 Å². The van der Waals surface area contributed by atoms with Gasteiger partial charge in [-0.25, -0.2) is 0 Å². The third-order valence-electron chi connectivity index (χ3n) is 2.60. The van der Waals surface area contributed by atoms with Gasteiger partial charge >= 0.3 is 0 Å². The topological polar surface area (TPSA) is 20.2 Å². The molecule has 1 aromatic rings.